The highest BCUT2D eigenvalue weighted by molar-refractivity contribution is 5.56. The van der Waals surface area contributed by atoms with E-state index in [1.165, 1.54) is 12.1 Å². The van der Waals surface area contributed by atoms with E-state index in [9.17, 15) is 4.39 Å². The Morgan fingerprint density at radius 1 is 1.35 bits per heavy atom. The molecule has 0 fully saturated rings. The minimum Gasteiger partial charge on any atom is -0.487 e. The number of ether oxygens (including phenoxy) is 2. The zero-order valence-electron chi connectivity index (χ0n) is 11.2. The summed E-state index contributed by atoms with van der Waals surface area (Å²) in [6, 6.07) is 10.2. The molecule has 20 heavy (non-hydrogen) atoms. The van der Waals surface area contributed by atoms with Crippen LogP contribution in [0, 0.1) is 12.7 Å². The molecule has 0 saturated heterocycles. The zero-order valence-corrected chi connectivity index (χ0v) is 11.2. The molecule has 0 aliphatic carbocycles. The number of para-hydroxylation sites is 1. The van der Waals surface area contributed by atoms with E-state index >= 15 is 0 Å². The van der Waals surface area contributed by atoms with Crippen LogP contribution in [0.4, 0.5) is 10.1 Å². The van der Waals surface area contributed by atoms with E-state index in [1.54, 1.807) is 6.07 Å². The molecule has 104 valence electrons. The lowest BCUT2D eigenvalue weighted by Gasteiger charge is -2.15. The number of nitrogens with two attached hydrogens (primary N) is 1. The normalized spacial score (nSPS) is 16.6. The summed E-state index contributed by atoms with van der Waals surface area (Å²) in [5.74, 6) is 1.19. The molecule has 3 rings (SSSR count). The largest absolute Gasteiger partial charge is 0.487 e. The summed E-state index contributed by atoms with van der Waals surface area (Å²) in [4.78, 5) is 0. The molecule has 0 spiro atoms. The van der Waals surface area contributed by atoms with Gasteiger partial charge in [-0.15, -0.1) is 0 Å². The van der Waals surface area contributed by atoms with Crippen LogP contribution < -0.4 is 15.2 Å². The highest BCUT2D eigenvalue weighted by atomic mass is 19.1. The summed E-state index contributed by atoms with van der Waals surface area (Å²) < 4.78 is 24.6. The van der Waals surface area contributed by atoms with Crippen LogP contribution in [0.25, 0.3) is 0 Å². The van der Waals surface area contributed by atoms with Gasteiger partial charge in [0, 0.05) is 12.0 Å². The number of rotatable bonds is 3. The second kappa shape index (κ2) is 5.04. The fourth-order valence-electron chi connectivity index (χ4n) is 2.43. The highest BCUT2D eigenvalue weighted by Crippen LogP contribution is 2.31. The first-order valence-corrected chi connectivity index (χ1v) is 6.56. The molecule has 2 N–H and O–H groups in total. The summed E-state index contributed by atoms with van der Waals surface area (Å²) in [6.45, 7) is 2.34. The van der Waals surface area contributed by atoms with E-state index in [0.29, 0.717) is 24.5 Å². The van der Waals surface area contributed by atoms with Crippen LogP contribution in [-0.2, 0) is 6.42 Å². The number of aryl methyl sites for hydroxylation is 1. The third-order valence-corrected chi connectivity index (χ3v) is 3.42. The Bertz CT molecular complexity index is 622. The SMILES string of the molecule is Cc1cccc(N)c1OCC1Cc2cc(F)ccc2O1. The number of halogens is 1. The monoisotopic (exact) mass is 273 g/mol. The minimum absolute atomic E-state index is 0.106. The quantitative estimate of drug-likeness (QED) is 0.874. The number of nitrogen functional groups attached to an aromatic ring is 1. The Hall–Kier alpha value is -2.23. The topological polar surface area (TPSA) is 44.5 Å². The molecule has 0 radical (unpaired) electrons. The van der Waals surface area contributed by atoms with Crippen molar-refractivity contribution in [3.63, 3.8) is 0 Å². The van der Waals surface area contributed by atoms with Crippen LogP contribution in [0.3, 0.4) is 0 Å². The molecular weight excluding hydrogens is 257 g/mol. The molecule has 1 aliphatic heterocycles. The van der Waals surface area contributed by atoms with E-state index in [4.69, 9.17) is 15.2 Å². The number of hydrogen-bond donors (Lipinski definition) is 1. The van der Waals surface area contributed by atoms with Gasteiger partial charge in [-0.05, 0) is 36.8 Å². The van der Waals surface area contributed by atoms with E-state index in [-0.39, 0.29) is 11.9 Å². The molecule has 1 aliphatic rings. The standard InChI is InChI=1S/C16H16FNO2/c1-10-3-2-4-14(18)16(10)19-9-13-8-11-7-12(17)5-6-15(11)20-13/h2-7,13H,8-9,18H2,1H3. The molecule has 0 amide bonds. The van der Waals surface area contributed by atoms with Gasteiger partial charge in [-0.2, -0.15) is 0 Å². The van der Waals surface area contributed by atoms with Crippen molar-refractivity contribution in [3.05, 3.63) is 53.3 Å². The fourth-order valence-corrected chi connectivity index (χ4v) is 2.43. The Balaban J connectivity index is 1.67. The molecule has 2 aromatic rings. The first-order chi connectivity index (χ1) is 9.63. The van der Waals surface area contributed by atoms with E-state index in [2.05, 4.69) is 0 Å². The van der Waals surface area contributed by atoms with Gasteiger partial charge in [-0.25, -0.2) is 4.39 Å². The molecule has 1 unspecified atom stereocenters. The van der Waals surface area contributed by atoms with Crippen molar-refractivity contribution in [2.45, 2.75) is 19.4 Å². The van der Waals surface area contributed by atoms with Crippen molar-refractivity contribution in [2.24, 2.45) is 0 Å². The van der Waals surface area contributed by atoms with Crippen LogP contribution in [0.2, 0.25) is 0 Å². The van der Waals surface area contributed by atoms with Crippen molar-refractivity contribution < 1.29 is 13.9 Å². The third-order valence-electron chi connectivity index (χ3n) is 3.42. The second-order valence-electron chi connectivity index (χ2n) is 5.00. The van der Waals surface area contributed by atoms with Crippen LogP contribution in [0.15, 0.2) is 36.4 Å². The summed E-state index contributed by atoms with van der Waals surface area (Å²) in [5, 5.41) is 0. The van der Waals surface area contributed by atoms with Crippen LogP contribution >= 0.6 is 0 Å². The highest BCUT2D eigenvalue weighted by Gasteiger charge is 2.24. The number of anilines is 1. The lowest BCUT2D eigenvalue weighted by Crippen LogP contribution is -2.22. The molecule has 0 saturated carbocycles. The van der Waals surface area contributed by atoms with Gasteiger partial charge in [0.15, 0.2) is 0 Å². The fraction of sp³-hybridized carbons (Fsp3) is 0.250. The average molecular weight is 273 g/mol. The Morgan fingerprint density at radius 2 is 2.20 bits per heavy atom. The predicted molar refractivity (Wildman–Crippen MR) is 75.6 cm³/mol. The van der Waals surface area contributed by atoms with Gasteiger partial charge in [-0.3, -0.25) is 0 Å². The minimum atomic E-state index is -0.239. The van der Waals surface area contributed by atoms with Gasteiger partial charge in [0.25, 0.3) is 0 Å². The number of benzene rings is 2. The summed E-state index contributed by atoms with van der Waals surface area (Å²) in [7, 11) is 0. The second-order valence-corrected chi connectivity index (χ2v) is 5.00. The maximum absolute atomic E-state index is 13.1. The Labute approximate surface area is 117 Å². The molecule has 4 heteroatoms. The van der Waals surface area contributed by atoms with E-state index in [0.717, 1.165) is 16.9 Å². The maximum Gasteiger partial charge on any atom is 0.145 e. The summed E-state index contributed by atoms with van der Waals surface area (Å²) in [6.07, 6.45) is 0.546. The van der Waals surface area contributed by atoms with Gasteiger partial charge in [0.05, 0.1) is 5.69 Å². The molecule has 0 bridgehead atoms. The molecule has 3 nitrogen and oxygen atoms in total. The number of fused-ring (bicyclic) bond motifs is 1. The summed E-state index contributed by atoms with van der Waals surface area (Å²) in [5.41, 5.74) is 8.39. The lowest BCUT2D eigenvalue weighted by atomic mass is 10.1. The van der Waals surface area contributed by atoms with Gasteiger partial charge in [0.1, 0.15) is 30.0 Å². The van der Waals surface area contributed by atoms with Crippen molar-refractivity contribution >= 4 is 5.69 Å². The van der Waals surface area contributed by atoms with Crippen molar-refractivity contribution in [1.82, 2.24) is 0 Å². The molecule has 1 atom stereocenters. The molecule has 2 aromatic carbocycles. The van der Waals surface area contributed by atoms with Crippen LogP contribution in [-0.4, -0.2) is 12.7 Å². The van der Waals surface area contributed by atoms with Crippen molar-refractivity contribution in [3.8, 4) is 11.5 Å². The van der Waals surface area contributed by atoms with Crippen LogP contribution in [0.5, 0.6) is 11.5 Å². The third kappa shape index (κ3) is 2.41. The van der Waals surface area contributed by atoms with Gasteiger partial charge < -0.3 is 15.2 Å². The maximum atomic E-state index is 13.1. The van der Waals surface area contributed by atoms with Crippen LogP contribution in [0.1, 0.15) is 11.1 Å². The van der Waals surface area contributed by atoms with E-state index < -0.39 is 0 Å². The van der Waals surface area contributed by atoms with Crippen molar-refractivity contribution in [1.29, 1.82) is 0 Å². The lowest BCUT2D eigenvalue weighted by molar-refractivity contribution is 0.148. The zero-order chi connectivity index (χ0) is 14.1. The van der Waals surface area contributed by atoms with E-state index in [1.807, 2.05) is 25.1 Å². The first kappa shape index (κ1) is 12.8. The average Bonchev–Trinajstić information content (AvgIpc) is 2.80. The molecule has 0 aromatic heterocycles. The molecule has 1 heterocycles. The van der Waals surface area contributed by atoms with Gasteiger partial charge in [-0.1, -0.05) is 12.1 Å². The molecular formula is C16H16FNO2. The Morgan fingerprint density at radius 3 is 3.00 bits per heavy atom. The van der Waals surface area contributed by atoms with Crippen molar-refractivity contribution in [2.75, 3.05) is 12.3 Å². The van der Waals surface area contributed by atoms with Gasteiger partial charge >= 0.3 is 0 Å². The van der Waals surface area contributed by atoms with Gasteiger partial charge in [0.2, 0.25) is 0 Å². The first-order valence-electron chi connectivity index (χ1n) is 6.56. The smallest absolute Gasteiger partial charge is 0.145 e. The summed E-state index contributed by atoms with van der Waals surface area (Å²) >= 11 is 0. The number of hydrogen-bond acceptors (Lipinski definition) is 3. The predicted octanol–water partition coefficient (Wildman–Crippen LogP) is 3.10. The Kier molecular flexibility index (Phi) is 3.22.